The van der Waals surface area contributed by atoms with Crippen molar-refractivity contribution in [2.24, 2.45) is 4.30 Å². The molecule has 9 heteroatoms. The molecule has 0 atom stereocenters. The van der Waals surface area contributed by atoms with E-state index in [-0.39, 0.29) is 0 Å². The van der Waals surface area contributed by atoms with Crippen LogP contribution < -0.4 is 0 Å². The molecule has 1 nitrogen and oxygen atoms in total. The first-order chi connectivity index (χ1) is 16.0. The minimum atomic E-state index is 0.572. The first kappa shape index (κ1) is 30.3. The summed E-state index contributed by atoms with van der Waals surface area (Å²) in [4.78, 5) is 0. The Kier molecular flexibility index (Phi) is 16.1. The fourth-order valence-corrected chi connectivity index (χ4v) is 13.3. The van der Waals surface area contributed by atoms with E-state index in [4.69, 9.17) is 0 Å². The van der Waals surface area contributed by atoms with Crippen LogP contribution >= 0.6 is 67.3 Å². The molecule has 0 saturated heterocycles. The van der Waals surface area contributed by atoms with E-state index in [0.717, 1.165) is 0 Å². The number of rotatable bonds is 10. The summed E-state index contributed by atoms with van der Waals surface area (Å²) in [7, 11) is 4.34. The Hall–Kier alpha value is 1.09. The molecule has 0 unspecified atom stereocenters. The molecule has 0 bridgehead atoms. The van der Waals surface area contributed by atoms with Gasteiger partial charge >= 0.3 is 245 Å². The van der Waals surface area contributed by atoms with Gasteiger partial charge in [0.2, 0.25) is 0 Å². The molecule has 0 saturated carbocycles. The second kappa shape index (κ2) is 17.5. The zero-order chi connectivity index (χ0) is 24.1. The number of thiol groups is 1. The van der Waals surface area contributed by atoms with Gasteiger partial charge in [-0.3, -0.25) is 0 Å². The van der Waals surface area contributed by atoms with Crippen molar-refractivity contribution in [3.63, 3.8) is 0 Å². The Labute approximate surface area is 242 Å². The van der Waals surface area contributed by atoms with E-state index < -0.39 is 0 Å². The van der Waals surface area contributed by atoms with E-state index in [9.17, 15) is 0 Å². The summed E-state index contributed by atoms with van der Waals surface area (Å²) in [5.41, 5.74) is 0. The van der Waals surface area contributed by atoms with Crippen LogP contribution in [0.1, 0.15) is 74.1 Å². The number of thiophene rings is 2. The van der Waals surface area contributed by atoms with Gasteiger partial charge in [-0.2, -0.15) is 0 Å². The molecule has 0 spiro atoms. The molecule has 4 heterocycles. The maximum atomic E-state index is 4.34. The van der Waals surface area contributed by atoms with E-state index in [2.05, 4.69) is 93.4 Å². The van der Waals surface area contributed by atoms with E-state index in [1.54, 1.807) is 17.4 Å². The van der Waals surface area contributed by atoms with Crippen LogP contribution in [0, 0.1) is 0 Å². The average molecular weight is 758 g/mol. The normalized spacial score (nSPS) is 10.7. The summed E-state index contributed by atoms with van der Waals surface area (Å²) in [6, 6.07) is 4.84. The van der Waals surface area contributed by atoms with Crippen molar-refractivity contribution in [1.29, 1.82) is 0 Å². The zero-order valence-corrected chi connectivity index (χ0v) is 28.4. The molecule has 0 aromatic carbocycles. The molecule has 4 rings (SSSR count). The van der Waals surface area contributed by atoms with Gasteiger partial charge in [0.15, 0.2) is 0 Å². The minimum absolute atomic E-state index is 0.572. The number of aryl methyl sites for hydroxylation is 2. The van der Waals surface area contributed by atoms with Gasteiger partial charge < -0.3 is 0 Å². The van der Waals surface area contributed by atoms with Gasteiger partial charge in [0.25, 0.3) is 0 Å². The number of fused-ring (bicyclic) bond motifs is 2. The van der Waals surface area contributed by atoms with Crippen LogP contribution in [0.5, 0.6) is 0 Å². The van der Waals surface area contributed by atoms with Gasteiger partial charge in [-0.25, -0.2) is 0 Å². The molecular weight excluding hydrogens is 727 g/mol. The molecule has 0 aliphatic heterocycles. The zero-order valence-electron chi connectivity index (χ0n) is 19.2. The topological polar surface area (TPSA) is 12.4 Å². The van der Waals surface area contributed by atoms with Crippen LogP contribution in [-0.4, -0.2) is 36.6 Å². The second-order valence-electron chi connectivity index (χ2n) is 7.75. The van der Waals surface area contributed by atoms with E-state index in [1.165, 1.54) is 82.6 Å². The molecule has 0 N–H and O–H groups in total. The first-order valence-corrected chi connectivity index (χ1v) is 18.6. The van der Waals surface area contributed by atoms with Crippen LogP contribution in [0.15, 0.2) is 34.8 Å². The Morgan fingerprint density at radius 1 is 0.879 bits per heavy atom. The molecule has 1 radical (unpaired) electrons. The third kappa shape index (κ3) is 10.5. The molecule has 0 aliphatic carbocycles. The SMILES string of the molecule is CCCCCCc1cc2c(Br)sc(Br)c2[se]1.CCCCCCc1cc2cscc2[se]1.[B]=NS. The summed E-state index contributed by atoms with van der Waals surface area (Å²) in [6.07, 6.45) is 13.7. The van der Waals surface area contributed by atoms with Crippen LogP contribution in [0.25, 0.3) is 19.3 Å². The Bertz CT molecular complexity index is 1020. The Balaban J connectivity index is 0.000000210. The fraction of sp³-hybridized carbons (Fsp3) is 0.500. The van der Waals surface area contributed by atoms with E-state index >= 15 is 0 Å². The second-order valence-corrected chi connectivity index (χ2v) is 17.2. The average Bonchev–Trinajstić information content (AvgIpc) is 3.54. The number of halogens is 2. The van der Waals surface area contributed by atoms with Crippen LogP contribution in [0.4, 0.5) is 0 Å². The molecule has 4 aromatic rings. The van der Waals surface area contributed by atoms with Crippen LogP contribution in [-0.2, 0) is 12.8 Å². The van der Waals surface area contributed by atoms with E-state index in [1.807, 2.05) is 22.7 Å². The fourth-order valence-electron chi connectivity index (χ4n) is 3.44. The van der Waals surface area contributed by atoms with Crippen molar-refractivity contribution in [3.05, 3.63) is 39.3 Å². The van der Waals surface area contributed by atoms with Crippen molar-refractivity contribution in [2.75, 3.05) is 0 Å². The van der Waals surface area contributed by atoms with Gasteiger partial charge in [-0.1, -0.05) is 0 Å². The molecule has 179 valence electrons. The molecular formula is C24H31BBr2NS3Se2. The number of nitrogens with zero attached hydrogens (tertiary/aromatic N) is 1. The summed E-state index contributed by atoms with van der Waals surface area (Å²) in [5.74, 6) is 0. The number of hydrogen-bond donors (Lipinski definition) is 1. The van der Waals surface area contributed by atoms with Crippen LogP contribution in [0.3, 0.4) is 0 Å². The Morgan fingerprint density at radius 3 is 2.03 bits per heavy atom. The summed E-state index contributed by atoms with van der Waals surface area (Å²) >= 11 is 15.4. The molecule has 0 amide bonds. The summed E-state index contributed by atoms with van der Waals surface area (Å²) in [6.45, 7) is 4.54. The predicted octanol–water partition coefficient (Wildman–Crippen LogP) is 9.87. The van der Waals surface area contributed by atoms with Gasteiger partial charge in [-0.15, -0.1) is 0 Å². The molecule has 0 fully saturated rings. The van der Waals surface area contributed by atoms with Crippen molar-refractivity contribution >= 4 is 123 Å². The molecule has 33 heavy (non-hydrogen) atoms. The quantitative estimate of drug-likeness (QED) is 0.0940. The number of hydrogen-bond acceptors (Lipinski definition) is 4. The molecule has 0 aliphatic rings. The van der Waals surface area contributed by atoms with Crippen molar-refractivity contribution in [1.82, 2.24) is 0 Å². The van der Waals surface area contributed by atoms with Crippen molar-refractivity contribution in [2.45, 2.75) is 78.1 Å². The number of unbranched alkanes of at least 4 members (excludes halogenated alkanes) is 6. The summed E-state index contributed by atoms with van der Waals surface area (Å²) < 4.78 is 11.9. The van der Waals surface area contributed by atoms with Gasteiger partial charge in [0, 0.05) is 0 Å². The van der Waals surface area contributed by atoms with Gasteiger partial charge in [0.05, 0.1) is 0 Å². The van der Waals surface area contributed by atoms with Gasteiger partial charge in [0.1, 0.15) is 0 Å². The third-order valence-corrected chi connectivity index (χ3v) is 14.6. The van der Waals surface area contributed by atoms with Crippen LogP contribution in [0.2, 0.25) is 0 Å². The third-order valence-electron chi connectivity index (χ3n) is 5.12. The Morgan fingerprint density at radius 2 is 1.48 bits per heavy atom. The summed E-state index contributed by atoms with van der Waals surface area (Å²) in [5, 5.41) is 7.57. The van der Waals surface area contributed by atoms with E-state index in [0.29, 0.717) is 29.0 Å². The van der Waals surface area contributed by atoms with Gasteiger partial charge in [-0.05, 0) is 0 Å². The first-order valence-electron chi connectivity index (χ1n) is 11.4. The standard InChI is InChI=1S/C12H14Br2SSe.C12H16SSe.BHNS/c1-2-3-4-5-6-8-7-9-10(16-8)12(14)15-11(9)13;1-2-3-4-5-6-11-7-10-8-13-9-12(10)14-11;1-2-3/h7H,2-6H2,1H3;7-9H,2-6H2,1H3;3H. The maximum absolute atomic E-state index is 4.34. The van der Waals surface area contributed by atoms with Crippen molar-refractivity contribution in [3.8, 4) is 0 Å². The van der Waals surface area contributed by atoms with Crippen molar-refractivity contribution < 1.29 is 0 Å². The predicted molar refractivity (Wildman–Crippen MR) is 166 cm³/mol. The molecule has 4 aromatic heterocycles. The monoisotopic (exact) mass is 758 g/mol.